The summed E-state index contributed by atoms with van der Waals surface area (Å²) in [4.78, 5) is 24.0. The van der Waals surface area contributed by atoms with Crippen molar-refractivity contribution in [2.24, 2.45) is 5.92 Å². The summed E-state index contributed by atoms with van der Waals surface area (Å²) in [5.41, 5.74) is 0. The Kier molecular flexibility index (Phi) is 5.44. The summed E-state index contributed by atoms with van der Waals surface area (Å²) in [6, 6.07) is 0. The summed E-state index contributed by atoms with van der Waals surface area (Å²) >= 11 is 1.25. The molecule has 0 amide bonds. The van der Waals surface area contributed by atoms with Crippen molar-refractivity contribution in [3.8, 4) is 0 Å². The quantitative estimate of drug-likeness (QED) is 0.394. The first-order chi connectivity index (χ1) is 8.05. The molecular weight excluding hydrogens is 232 g/mol. The third-order valence-electron chi connectivity index (χ3n) is 3.36. The van der Waals surface area contributed by atoms with E-state index in [1.807, 2.05) is 6.92 Å². The summed E-state index contributed by atoms with van der Waals surface area (Å²) in [7, 11) is 0. The van der Waals surface area contributed by atoms with Crippen LogP contribution in [0, 0.1) is 5.92 Å². The van der Waals surface area contributed by atoms with Gasteiger partial charge < -0.3 is 0 Å². The molecule has 0 radical (unpaired) electrons. The second-order valence-corrected chi connectivity index (χ2v) is 6.41. The smallest absolute Gasteiger partial charge is 0.200 e. The molecule has 1 heterocycles. The second kappa shape index (κ2) is 6.39. The van der Waals surface area contributed by atoms with Crippen LogP contribution in [-0.2, 0) is 9.59 Å². The highest BCUT2D eigenvalue weighted by Crippen LogP contribution is 2.44. The average molecular weight is 254 g/mol. The fourth-order valence-electron chi connectivity index (χ4n) is 2.25. The highest BCUT2D eigenvalue weighted by molar-refractivity contribution is 8.16. The van der Waals surface area contributed by atoms with Crippen LogP contribution in [0.15, 0.2) is 12.7 Å². The molecule has 0 aromatic carbocycles. The number of Topliss-reactive ketones (excluding diaryl/α,β-unsaturated/α-hetero) is 1. The molecule has 1 fully saturated rings. The van der Waals surface area contributed by atoms with E-state index in [0.717, 1.165) is 19.3 Å². The van der Waals surface area contributed by atoms with E-state index in [0.29, 0.717) is 6.42 Å². The molecule has 0 N–H and O–H groups in total. The molecule has 0 bridgehead atoms. The van der Waals surface area contributed by atoms with Gasteiger partial charge in [0.1, 0.15) is 0 Å². The van der Waals surface area contributed by atoms with E-state index in [1.54, 1.807) is 6.08 Å². The Morgan fingerprint density at radius 1 is 1.35 bits per heavy atom. The van der Waals surface area contributed by atoms with Gasteiger partial charge in [-0.05, 0) is 19.8 Å². The number of unbranched alkanes of at least 4 members (excludes halogenated alkanes) is 3. The summed E-state index contributed by atoms with van der Waals surface area (Å²) in [5, 5.41) is 0.0351. The normalized spacial score (nSPS) is 28.7. The van der Waals surface area contributed by atoms with Gasteiger partial charge in [-0.1, -0.05) is 50.4 Å². The van der Waals surface area contributed by atoms with E-state index in [4.69, 9.17) is 0 Å². The van der Waals surface area contributed by atoms with Crippen LogP contribution in [-0.4, -0.2) is 15.6 Å². The van der Waals surface area contributed by atoms with Crippen molar-refractivity contribution in [2.75, 3.05) is 0 Å². The van der Waals surface area contributed by atoms with Gasteiger partial charge in [0.15, 0.2) is 5.78 Å². The van der Waals surface area contributed by atoms with Gasteiger partial charge >= 0.3 is 0 Å². The molecule has 1 rings (SSSR count). The molecule has 1 saturated heterocycles. The lowest BCUT2D eigenvalue weighted by Crippen LogP contribution is -2.30. The Bertz CT molecular complexity index is 311. The third kappa shape index (κ3) is 3.44. The largest absolute Gasteiger partial charge is 0.297 e. The van der Waals surface area contributed by atoms with Gasteiger partial charge in [0.2, 0.25) is 5.12 Å². The summed E-state index contributed by atoms with van der Waals surface area (Å²) in [6.45, 7) is 7.70. The molecule has 2 nitrogen and oxygen atoms in total. The Hall–Kier alpha value is -0.570. The molecule has 3 heteroatoms. The van der Waals surface area contributed by atoms with Crippen LogP contribution in [0.1, 0.15) is 52.4 Å². The number of rotatable bonds is 7. The molecule has 96 valence electrons. The molecule has 2 atom stereocenters. The maximum absolute atomic E-state index is 12.2. The van der Waals surface area contributed by atoms with Gasteiger partial charge in [0.05, 0.1) is 10.7 Å². The van der Waals surface area contributed by atoms with Gasteiger partial charge in [0.25, 0.3) is 0 Å². The topological polar surface area (TPSA) is 34.1 Å². The third-order valence-corrected chi connectivity index (χ3v) is 4.70. The van der Waals surface area contributed by atoms with Crippen LogP contribution in [0.4, 0.5) is 0 Å². The maximum atomic E-state index is 12.2. The SMILES string of the molecule is C=CCC1C(=O)S[C@](C)(CCCCCC)C1=O. The predicted molar refractivity (Wildman–Crippen MR) is 73.1 cm³/mol. The molecule has 0 aromatic heterocycles. The van der Waals surface area contributed by atoms with E-state index in [-0.39, 0.29) is 10.9 Å². The lowest BCUT2D eigenvalue weighted by atomic mass is 9.89. The second-order valence-electron chi connectivity index (χ2n) is 4.90. The molecule has 17 heavy (non-hydrogen) atoms. The zero-order valence-corrected chi connectivity index (χ0v) is 11.6. The summed E-state index contributed by atoms with van der Waals surface area (Å²) < 4.78 is -0.474. The standard InChI is InChI=1S/C14H22O2S/c1-4-6-7-8-10-14(3)12(15)11(9-5-2)13(16)17-14/h5,11H,2,4,6-10H2,1,3H3/t11?,14-/m1/s1. The first kappa shape index (κ1) is 14.5. The first-order valence-corrected chi connectivity index (χ1v) is 7.25. The van der Waals surface area contributed by atoms with E-state index >= 15 is 0 Å². The first-order valence-electron chi connectivity index (χ1n) is 6.43. The molecule has 1 unspecified atom stereocenters. The fraction of sp³-hybridized carbons (Fsp3) is 0.714. The van der Waals surface area contributed by atoms with Gasteiger partial charge in [-0.25, -0.2) is 0 Å². The average Bonchev–Trinajstić information content (AvgIpc) is 2.50. The summed E-state index contributed by atoms with van der Waals surface area (Å²) in [6.07, 6.45) is 7.58. The van der Waals surface area contributed by atoms with Crippen LogP contribution < -0.4 is 0 Å². The Morgan fingerprint density at radius 2 is 2.06 bits per heavy atom. The molecule has 1 aliphatic heterocycles. The van der Waals surface area contributed by atoms with E-state index in [9.17, 15) is 9.59 Å². The Labute approximate surface area is 108 Å². The summed E-state index contributed by atoms with van der Waals surface area (Å²) in [5.74, 6) is -0.322. The van der Waals surface area contributed by atoms with Gasteiger partial charge in [-0.15, -0.1) is 6.58 Å². The van der Waals surface area contributed by atoms with Crippen molar-refractivity contribution in [1.29, 1.82) is 0 Å². The minimum Gasteiger partial charge on any atom is -0.297 e. The number of hydrogen-bond acceptors (Lipinski definition) is 3. The minimum absolute atomic E-state index is 0.0351. The number of ketones is 1. The van der Waals surface area contributed by atoms with Crippen molar-refractivity contribution >= 4 is 22.7 Å². The van der Waals surface area contributed by atoms with Crippen molar-refractivity contribution in [1.82, 2.24) is 0 Å². The van der Waals surface area contributed by atoms with E-state index in [2.05, 4.69) is 13.5 Å². The molecule has 0 saturated carbocycles. The van der Waals surface area contributed by atoms with Crippen LogP contribution in [0.25, 0.3) is 0 Å². The minimum atomic E-state index is -0.474. The van der Waals surface area contributed by atoms with Crippen LogP contribution in [0.3, 0.4) is 0 Å². The molecule has 1 aliphatic rings. The van der Waals surface area contributed by atoms with Crippen molar-refractivity contribution in [3.63, 3.8) is 0 Å². The number of thioether (sulfide) groups is 1. The van der Waals surface area contributed by atoms with Crippen molar-refractivity contribution < 1.29 is 9.59 Å². The lowest BCUT2D eigenvalue weighted by molar-refractivity contribution is -0.128. The number of allylic oxidation sites excluding steroid dienone is 1. The highest BCUT2D eigenvalue weighted by atomic mass is 32.2. The van der Waals surface area contributed by atoms with Crippen molar-refractivity contribution in [2.45, 2.75) is 57.1 Å². The number of carbonyl (C=O) groups excluding carboxylic acids is 2. The molecule has 0 aromatic rings. The molecule has 0 spiro atoms. The zero-order chi connectivity index (χ0) is 12.9. The number of carbonyl (C=O) groups is 2. The Morgan fingerprint density at radius 3 is 2.65 bits per heavy atom. The fourth-order valence-corrected chi connectivity index (χ4v) is 3.53. The predicted octanol–water partition coefficient (Wildman–Crippen LogP) is 3.75. The van der Waals surface area contributed by atoms with Crippen molar-refractivity contribution in [3.05, 3.63) is 12.7 Å². The lowest BCUT2D eigenvalue weighted by Gasteiger charge is -2.20. The molecular formula is C14H22O2S. The van der Waals surface area contributed by atoms with Gasteiger partial charge in [0, 0.05) is 0 Å². The van der Waals surface area contributed by atoms with Crippen LogP contribution >= 0.6 is 11.8 Å². The van der Waals surface area contributed by atoms with Gasteiger partial charge in [-0.2, -0.15) is 0 Å². The van der Waals surface area contributed by atoms with Crippen LogP contribution in [0.2, 0.25) is 0 Å². The van der Waals surface area contributed by atoms with E-state index < -0.39 is 10.7 Å². The number of hydrogen-bond donors (Lipinski definition) is 0. The monoisotopic (exact) mass is 254 g/mol. The maximum Gasteiger partial charge on any atom is 0.200 e. The highest BCUT2D eigenvalue weighted by Gasteiger charge is 2.49. The van der Waals surface area contributed by atoms with E-state index in [1.165, 1.54) is 24.6 Å². The van der Waals surface area contributed by atoms with Crippen LogP contribution in [0.5, 0.6) is 0 Å². The Balaban J connectivity index is 2.55. The zero-order valence-electron chi connectivity index (χ0n) is 10.8. The van der Waals surface area contributed by atoms with Gasteiger partial charge in [-0.3, -0.25) is 9.59 Å². The molecule has 0 aliphatic carbocycles.